The average molecular weight is 241 g/mol. The Morgan fingerprint density at radius 2 is 2.00 bits per heavy atom. The number of rotatable bonds is 4. The molecule has 0 aromatic heterocycles. The van der Waals surface area contributed by atoms with E-state index < -0.39 is 5.41 Å². The minimum Gasteiger partial charge on any atom is -0.409 e. The molecule has 0 saturated heterocycles. The Morgan fingerprint density at radius 3 is 2.47 bits per heavy atom. The van der Waals surface area contributed by atoms with E-state index in [4.69, 9.17) is 10.9 Å². The van der Waals surface area contributed by atoms with Crippen LogP contribution in [0.4, 0.5) is 0 Å². The summed E-state index contributed by atoms with van der Waals surface area (Å²) in [5.41, 5.74) is 4.55. The zero-order valence-electron chi connectivity index (χ0n) is 10.9. The Balaban J connectivity index is 2.59. The van der Waals surface area contributed by atoms with Crippen LogP contribution in [-0.4, -0.2) is 23.0 Å². The molecule has 4 N–H and O–H groups in total. The lowest BCUT2D eigenvalue weighted by Gasteiger charge is -2.27. The fourth-order valence-electron chi connectivity index (χ4n) is 2.20. The van der Waals surface area contributed by atoms with Gasteiger partial charge in [-0.1, -0.05) is 18.0 Å². The van der Waals surface area contributed by atoms with Gasteiger partial charge in [0, 0.05) is 6.04 Å². The van der Waals surface area contributed by atoms with E-state index >= 15 is 0 Å². The van der Waals surface area contributed by atoms with Crippen molar-refractivity contribution in [1.82, 2.24) is 5.32 Å². The highest BCUT2D eigenvalue weighted by atomic mass is 16.4. The molecule has 0 aromatic carbocycles. The van der Waals surface area contributed by atoms with E-state index in [1.165, 1.54) is 25.7 Å². The molecule has 1 fully saturated rings. The summed E-state index contributed by atoms with van der Waals surface area (Å²) in [6.45, 7) is 5.33. The summed E-state index contributed by atoms with van der Waals surface area (Å²) in [4.78, 5) is 12.0. The van der Waals surface area contributed by atoms with Gasteiger partial charge in [0.1, 0.15) is 5.41 Å². The molecule has 0 spiro atoms. The van der Waals surface area contributed by atoms with Crippen LogP contribution in [0.1, 0.15) is 46.5 Å². The van der Waals surface area contributed by atoms with Gasteiger partial charge in [0.05, 0.1) is 0 Å². The van der Waals surface area contributed by atoms with Crippen molar-refractivity contribution in [3.05, 3.63) is 0 Å². The van der Waals surface area contributed by atoms with Crippen molar-refractivity contribution in [3.8, 4) is 0 Å². The monoisotopic (exact) mass is 241 g/mol. The molecule has 0 radical (unpaired) electrons. The maximum absolute atomic E-state index is 12.0. The molecule has 0 aromatic rings. The number of oxime groups is 1. The Hall–Kier alpha value is -1.26. The van der Waals surface area contributed by atoms with Crippen molar-refractivity contribution in [2.75, 3.05) is 0 Å². The van der Waals surface area contributed by atoms with Gasteiger partial charge in [-0.15, -0.1) is 0 Å². The molecule has 1 unspecified atom stereocenters. The number of nitrogens with zero attached hydrogens (tertiary/aromatic N) is 1. The zero-order chi connectivity index (χ0) is 13.1. The summed E-state index contributed by atoms with van der Waals surface area (Å²) < 4.78 is 0. The van der Waals surface area contributed by atoms with Crippen LogP contribution in [0.25, 0.3) is 0 Å². The summed E-state index contributed by atoms with van der Waals surface area (Å²) >= 11 is 0. The summed E-state index contributed by atoms with van der Waals surface area (Å²) in [7, 11) is 0. The molecule has 1 aliphatic rings. The second kappa shape index (κ2) is 5.38. The van der Waals surface area contributed by atoms with Crippen LogP contribution >= 0.6 is 0 Å². The van der Waals surface area contributed by atoms with Crippen LogP contribution in [0.5, 0.6) is 0 Å². The third-order valence-corrected chi connectivity index (χ3v) is 3.78. The molecule has 0 aliphatic heterocycles. The first-order valence-electron chi connectivity index (χ1n) is 6.18. The predicted octanol–water partition coefficient (Wildman–Crippen LogP) is 1.45. The number of carbonyl (C=O) groups excluding carboxylic acids is 1. The smallest absolute Gasteiger partial charge is 0.233 e. The number of nitrogens with two attached hydrogens (primary N) is 1. The lowest BCUT2D eigenvalue weighted by atomic mass is 9.89. The highest BCUT2D eigenvalue weighted by Crippen LogP contribution is 2.28. The maximum Gasteiger partial charge on any atom is 0.233 e. The number of nitrogens with one attached hydrogen (secondary N) is 1. The molecule has 0 heterocycles. The molecular formula is C12H23N3O2. The molecule has 5 heteroatoms. The van der Waals surface area contributed by atoms with E-state index in [9.17, 15) is 4.79 Å². The standard InChI is InChI=1S/C12H23N3O2/c1-8(9-6-4-5-7-9)14-11(16)12(2,3)10(13)15-17/h8-9,17H,4-7H2,1-3H3,(H2,13,15)(H,14,16). The van der Waals surface area contributed by atoms with Crippen LogP contribution in [0.15, 0.2) is 5.16 Å². The topological polar surface area (TPSA) is 87.7 Å². The van der Waals surface area contributed by atoms with Gasteiger partial charge >= 0.3 is 0 Å². The van der Waals surface area contributed by atoms with Gasteiger partial charge in [0.15, 0.2) is 5.84 Å². The summed E-state index contributed by atoms with van der Waals surface area (Å²) in [6.07, 6.45) is 4.83. The predicted molar refractivity (Wildman–Crippen MR) is 66.8 cm³/mol. The minimum absolute atomic E-state index is 0.0615. The van der Waals surface area contributed by atoms with Crippen LogP contribution in [0, 0.1) is 11.3 Å². The third-order valence-electron chi connectivity index (χ3n) is 3.78. The quantitative estimate of drug-likeness (QED) is 0.301. The largest absolute Gasteiger partial charge is 0.409 e. The summed E-state index contributed by atoms with van der Waals surface area (Å²) in [5.74, 6) is 0.308. The van der Waals surface area contributed by atoms with Gasteiger partial charge in [0.2, 0.25) is 5.91 Å². The molecule has 1 aliphatic carbocycles. The van der Waals surface area contributed by atoms with E-state index in [0.717, 1.165) is 0 Å². The Labute approximate surface area is 102 Å². The molecule has 1 saturated carbocycles. The van der Waals surface area contributed by atoms with E-state index in [-0.39, 0.29) is 17.8 Å². The number of amides is 1. The van der Waals surface area contributed by atoms with E-state index in [1.807, 2.05) is 6.92 Å². The van der Waals surface area contributed by atoms with Gasteiger partial charge in [-0.3, -0.25) is 4.79 Å². The Bertz CT molecular complexity index is 307. The van der Waals surface area contributed by atoms with Gasteiger partial charge in [-0.25, -0.2) is 0 Å². The first-order chi connectivity index (χ1) is 7.89. The fourth-order valence-corrected chi connectivity index (χ4v) is 2.20. The van der Waals surface area contributed by atoms with Crippen LogP contribution < -0.4 is 11.1 Å². The maximum atomic E-state index is 12.0. The van der Waals surface area contributed by atoms with Crippen molar-refractivity contribution in [3.63, 3.8) is 0 Å². The van der Waals surface area contributed by atoms with Crippen molar-refractivity contribution in [2.45, 2.75) is 52.5 Å². The zero-order valence-corrected chi connectivity index (χ0v) is 10.9. The summed E-state index contributed by atoms with van der Waals surface area (Å²) in [5, 5.41) is 14.5. The van der Waals surface area contributed by atoms with E-state index in [2.05, 4.69) is 10.5 Å². The number of hydrogen-bond acceptors (Lipinski definition) is 3. The first kappa shape index (κ1) is 13.8. The van der Waals surface area contributed by atoms with Crippen molar-refractivity contribution in [2.24, 2.45) is 22.2 Å². The lowest BCUT2D eigenvalue weighted by Crippen LogP contribution is -2.49. The van der Waals surface area contributed by atoms with Crippen molar-refractivity contribution in [1.29, 1.82) is 0 Å². The van der Waals surface area contributed by atoms with Gasteiger partial charge in [-0.05, 0) is 39.5 Å². The number of carbonyl (C=O) groups is 1. The first-order valence-corrected chi connectivity index (χ1v) is 6.18. The molecule has 1 amide bonds. The molecule has 1 rings (SSSR count). The molecule has 5 nitrogen and oxygen atoms in total. The highest BCUT2D eigenvalue weighted by Gasteiger charge is 2.34. The van der Waals surface area contributed by atoms with Gasteiger partial charge in [0.25, 0.3) is 0 Å². The van der Waals surface area contributed by atoms with Crippen molar-refractivity contribution < 1.29 is 10.0 Å². The molecule has 98 valence electrons. The Kier molecular flexibility index (Phi) is 4.37. The third kappa shape index (κ3) is 3.11. The van der Waals surface area contributed by atoms with E-state index in [1.54, 1.807) is 13.8 Å². The minimum atomic E-state index is -0.971. The SMILES string of the molecule is CC(NC(=O)C(C)(C)C(N)=NO)C1CCCC1. The van der Waals surface area contributed by atoms with E-state index in [0.29, 0.717) is 5.92 Å². The van der Waals surface area contributed by atoms with Crippen LogP contribution in [0.3, 0.4) is 0 Å². The van der Waals surface area contributed by atoms with Crippen LogP contribution in [-0.2, 0) is 4.79 Å². The molecular weight excluding hydrogens is 218 g/mol. The Morgan fingerprint density at radius 1 is 1.47 bits per heavy atom. The van der Waals surface area contributed by atoms with Gasteiger partial charge in [-0.2, -0.15) is 0 Å². The average Bonchev–Trinajstić information content (AvgIpc) is 2.81. The second-order valence-corrected chi connectivity index (χ2v) is 5.42. The van der Waals surface area contributed by atoms with Crippen molar-refractivity contribution >= 4 is 11.7 Å². The molecule has 1 atom stereocenters. The molecule has 0 bridgehead atoms. The van der Waals surface area contributed by atoms with Gasteiger partial charge < -0.3 is 16.3 Å². The summed E-state index contributed by atoms with van der Waals surface area (Å²) in [6, 6.07) is 0.149. The number of hydrogen-bond donors (Lipinski definition) is 3. The lowest BCUT2D eigenvalue weighted by molar-refractivity contribution is -0.127. The normalized spacial score (nSPS) is 20.3. The molecule has 17 heavy (non-hydrogen) atoms. The fraction of sp³-hybridized carbons (Fsp3) is 0.833. The highest BCUT2D eigenvalue weighted by molar-refractivity contribution is 6.05. The second-order valence-electron chi connectivity index (χ2n) is 5.42. The van der Waals surface area contributed by atoms with Crippen LogP contribution in [0.2, 0.25) is 0 Å². The number of amidine groups is 1.